The van der Waals surface area contributed by atoms with Gasteiger partial charge in [-0.05, 0) is 19.4 Å². The Morgan fingerprint density at radius 3 is 1.65 bits per heavy atom. The third kappa shape index (κ3) is 29.7. The predicted molar refractivity (Wildman–Crippen MR) is 124 cm³/mol. The first-order valence-electron chi connectivity index (χ1n) is 11.4. The van der Waals surface area contributed by atoms with E-state index in [0.29, 0.717) is 72.1 Å². The summed E-state index contributed by atoms with van der Waals surface area (Å²) in [4.78, 5) is 42.7. The number of amides is 3. The molecule has 13 nitrogen and oxygen atoms in total. The maximum absolute atomic E-state index is 11.6. The Labute approximate surface area is 201 Å². The molecule has 0 bridgehead atoms. The van der Waals surface area contributed by atoms with Crippen molar-refractivity contribution in [1.29, 1.82) is 0 Å². The molecule has 0 aliphatic carbocycles. The van der Waals surface area contributed by atoms with Crippen LogP contribution in [-0.4, -0.2) is 108 Å². The summed E-state index contributed by atoms with van der Waals surface area (Å²) in [6, 6.07) is 0. The van der Waals surface area contributed by atoms with E-state index < -0.39 is 0 Å². The lowest BCUT2D eigenvalue weighted by Gasteiger charge is -2.09. The molecule has 0 saturated carbocycles. The molecular weight excluding hydrogens is 452 g/mol. The van der Waals surface area contributed by atoms with Gasteiger partial charge in [-0.25, -0.2) is 0 Å². The smallest absolute Gasteiger partial charge is 0.290 e. The molecule has 0 radical (unpaired) electrons. The summed E-state index contributed by atoms with van der Waals surface area (Å²) in [5.41, 5.74) is 5.33. The Hall–Kier alpha value is -2.32. The molecule has 3 amide bonds. The molecule has 13 heteroatoms. The maximum Gasteiger partial charge on any atom is 0.290 e. The van der Waals surface area contributed by atoms with E-state index in [9.17, 15) is 14.4 Å². The van der Waals surface area contributed by atoms with Crippen molar-refractivity contribution < 1.29 is 43.2 Å². The van der Waals surface area contributed by atoms with Crippen molar-refractivity contribution in [3.05, 3.63) is 0 Å². The summed E-state index contributed by atoms with van der Waals surface area (Å²) in [5.74, 6) is -0.407. The lowest BCUT2D eigenvalue weighted by atomic mass is 10.3. The van der Waals surface area contributed by atoms with Crippen LogP contribution in [-0.2, 0) is 38.1 Å². The summed E-state index contributed by atoms with van der Waals surface area (Å²) in [5, 5.41) is 15.0. The lowest BCUT2D eigenvalue weighted by Crippen LogP contribution is -2.31. The highest BCUT2D eigenvalue weighted by Crippen LogP contribution is 1.86. The van der Waals surface area contributed by atoms with Crippen LogP contribution in [0.15, 0.2) is 0 Å². The number of carbonyl (C=O) groups excluding carboxylic acids is 3. The van der Waals surface area contributed by atoms with Crippen LogP contribution < -0.4 is 21.7 Å². The molecule has 0 aliphatic rings. The van der Waals surface area contributed by atoms with Gasteiger partial charge in [0, 0.05) is 26.1 Å². The zero-order valence-electron chi connectivity index (χ0n) is 20.2. The first-order valence-corrected chi connectivity index (χ1v) is 11.4. The molecule has 0 aliphatic heterocycles. The monoisotopic (exact) mass is 494 g/mol. The minimum absolute atomic E-state index is 0.0221. The van der Waals surface area contributed by atoms with Crippen LogP contribution in [0.2, 0.25) is 0 Å². The molecule has 6 N–H and O–H groups in total. The summed E-state index contributed by atoms with van der Waals surface area (Å²) < 4.78 is 21.0. The number of ether oxygens (including phenoxy) is 4. The van der Waals surface area contributed by atoms with Gasteiger partial charge in [-0.1, -0.05) is 13.3 Å². The number of nitrogens with two attached hydrogens (primary N) is 1. The minimum atomic E-state index is -0.250. The Balaban J connectivity index is 0. The summed E-state index contributed by atoms with van der Waals surface area (Å²) in [6.07, 6.45) is 3.08. The van der Waals surface area contributed by atoms with Crippen molar-refractivity contribution in [2.24, 2.45) is 5.73 Å². The van der Waals surface area contributed by atoms with Crippen molar-refractivity contribution >= 4 is 24.2 Å². The van der Waals surface area contributed by atoms with Crippen LogP contribution in [0.25, 0.3) is 0 Å². The number of carbonyl (C=O) groups is 4. The summed E-state index contributed by atoms with van der Waals surface area (Å²) in [7, 11) is 0. The van der Waals surface area contributed by atoms with E-state index in [1.165, 1.54) is 0 Å². The standard InChI is InChI=1S/C20H40N4O7.CH2O2/c1-2-3-7-22-19(26)16-30-14-13-29-11-9-24-20(27)17-31-15-12-28-10-8-23-18(25)5-4-6-21;2-1-3/h2-17,21H2,1H3,(H,22,26)(H,23,25)(H,24,27);1H,(H,2,3). The van der Waals surface area contributed by atoms with Crippen molar-refractivity contribution in [3.63, 3.8) is 0 Å². The molecule has 0 aromatic rings. The molecule has 0 rings (SSSR count). The van der Waals surface area contributed by atoms with Crippen LogP contribution in [0.3, 0.4) is 0 Å². The molecule has 0 saturated heterocycles. The van der Waals surface area contributed by atoms with Crippen LogP contribution in [0, 0.1) is 0 Å². The minimum Gasteiger partial charge on any atom is -0.483 e. The predicted octanol–water partition coefficient (Wildman–Crippen LogP) is -1.36. The van der Waals surface area contributed by atoms with Gasteiger partial charge in [0.25, 0.3) is 6.47 Å². The van der Waals surface area contributed by atoms with Gasteiger partial charge < -0.3 is 45.7 Å². The van der Waals surface area contributed by atoms with Crippen LogP contribution in [0.1, 0.15) is 32.6 Å². The van der Waals surface area contributed by atoms with Crippen molar-refractivity contribution in [2.75, 3.05) is 79.0 Å². The highest BCUT2D eigenvalue weighted by Gasteiger charge is 2.02. The second kappa shape index (κ2) is 28.7. The summed E-state index contributed by atoms with van der Waals surface area (Å²) in [6.45, 7) is 5.75. The number of hydrogen-bond donors (Lipinski definition) is 5. The van der Waals surface area contributed by atoms with Gasteiger partial charge in [-0.15, -0.1) is 0 Å². The van der Waals surface area contributed by atoms with Crippen LogP contribution >= 0.6 is 0 Å². The number of rotatable bonds is 22. The van der Waals surface area contributed by atoms with E-state index in [2.05, 4.69) is 22.9 Å². The van der Waals surface area contributed by atoms with Gasteiger partial charge >= 0.3 is 0 Å². The Kier molecular flexibility index (Phi) is 28.6. The van der Waals surface area contributed by atoms with E-state index >= 15 is 0 Å². The average Bonchev–Trinajstić information content (AvgIpc) is 2.81. The van der Waals surface area contributed by atoms with Crippen molar-refractivity contribution in [1.82, 2.24) is 16.0 Å². The summed E-state index contributed by atoms with van der Waals surface area (Å²) >= 11 is 0. The van der Waals surface area contributed by atoms with E-state index in [1.807, 2.05) is 0 Å². The van der Waals surface area contributed by atoms with Gasteiger partial charge in [0.15, 0.2) is 0 Å². The topological polar surface area (TPSA) is 188 Å². The number of nitrogens with one attached hydrogen (secondary N) is 3. The Bertz CT molecular complexity index is 511. The first-order chi connectivity index (χ1) is 16.5. The van der Waals surface area contributed by atoms with Crippen LogP contribution in [0.5, 0.6) is 0 Å². The fraction of sp³-hybridized carbons (Fsp3) is 0.810. The Morgan fingerprint density at radius 2 is 1.18 bits per heavy atom. The third-order valence-corrected chi connectivity index (χ3v) is 3.81. The SMILES string of the molecule is CCCCNC(=O)COCCOCCNC(=O)COCCOCCNC(=O)CCCN.O=CO. The van der Waals surface area contributed by atoms with Crippen molar-refractivity contribution in [2.45, 2.75) is 32.6 Å². The van der Waals surface area contributed by atoms with Crippen molar-refractivity contribution in [3.8, 4) is 0 Å². The van der Waals surface area contributed by atoms with Gasteiger partial charge in [0.2, 0.25) is 17.7 Å². The average molecular weight is 495 g/mol. The number of hydrogen-bond acceptors (Lipinski definition) is 9. The molecule has 0 fully saturated rings. The molecule has 0 aromatic heterocycles. The fourth-order valence-corrected chi connectivity index (χ4v) is 2.15. The van der Waals surface area contributed by atoms with Gasteiger partial charge in [0.05, 0.1) is 39.6 Å². The molecule has 0 atom stereocenters. The molecular formula is C21H42N4O9. The molecule has 0 unspecified atom stereocenters. The molecule has 200 valence electrons. The number of unbranched alkanes of at least 4 members (excludes halogenated alkanes) is 1. The molecule has 0 heterocycles. The zero-order valence-corrected chi connectivity index (χ0v) is 20.2. The van der Waals surface area contributed by atoms with Crippen LogP contribution in [0.4, 0.5) is 0 Å². The van der Waals surface area contributed by atoms with E-state index in [4.69, 9.17) is 34.6 Å². The molecule has 34 heavy (non-hydrogen) atoms. The van der Waals surface area contributed by atoms with E-state index in [1.54, 1.807) is 0 Å². The normalized spacial score (nSPS) is 10.1. The lowest BCUT2D eigenvalue weighted by molar-refractivity contribution is -0.127. The highest BCUT2D eigenvalue weighted by atomic mass is 16.5. The molecule has 0 aromatic carbocycles. The largest absolute Gasteiger partial charge is 0.483 e. The van der Waals surface area contributed by atoms with Gasteiger partial charge in [-0.3, -0.25) is 19.2 Å². The zero-order chi connectivity index (χ0) is 25.7. The number of carboxylic acid groups (broad SMARTS) is 1. The Morgan fingerprint density at radius 1 is 0.735 bits per heavy atom. The van der Waals surface area contributed by atoms with E-state index in [0.717, 1.165) is 12.8 Å². The van der Waals surface area contributed by atoms with E-state index in [-0.39, 0.29) is 44.0 Å². The second-order valence-electron chi connectivity index (χ2n) is 6.73. The highest BCUT2D eigenvalue weighted by molar-refractivity contribution is 5.77. The van der Waals surface area contributed by atoms with Gasteiger partial charge in [-0.2, -0.15) is 0 Å². The first kappa shape index (κ1) is 33.9. The van der Waals surface area contributed by atoms with Gasteiger partial charge in [0.1, 0.15) is 13.2 Å². The second-order valence-corrected chi connectivity index (χ2v) is 6.73. The maximum atomic E-state index is 11.6. The third-order valence-electron chi connectivity index (χ3n) is 3.81. The quantitative estimate of drug-likeness (QED) is 0.0888. The molecule has 0 spiro atoms. The fourth-order valence-electron chi connectivity index (χ4n) is 2.15.